The topological polar surface area (TPSA) is 50.4 Å². The molecular weight excluding hydrogens is 240 g/mol. The Morgan fingerprint density at radius 3 is 2.47 bits per heavy atom. The maximum absolute atomic E-state index is 11.5. The second-order valence-electron chi connectivity index (χ2n) is 3.90. The highest BCUT2D eigenvalue weighted by atomic mass is 16.5. The Morgan fingerprint density at radius 1 is 1.05 bits per heavy atom. The molecule has 2 N–H and O–H groups in total. The van der Waals surface area contributed by atoms with Crippen LogP contribution in [-0.4, -0.2) is 12.6 Å². The van der Waals surface area contributed by atoms with E-state index in [4.69, 9.17) is 4.74 Å². The SMILES string of the molecule is CCNC(=O)Nc1ccccc1Oc1ccccc1. The van der Waals surface area contributed by atoms with Crippen molar-refractivity contribution in [2.45, 2.75) is 6.92 Å². The predicted octanol–water partition coefficient (Wildman–Crippen LogP) is 3.62. The number of amides is 2. The third-order valence-corrected chi connectivity index (χ3v) is 2.44. The zero-order chi connectivity index (χ0) is 13.5. The monoisotopic (exact) mass is 256 g/mol. The first kappa shape index (κ1) is 13.0. The van der Waals surface area contributed by atoms with Crippen LogP contribution in [0.1, 0.15) is 6.92 Å². The summed E-state index contributed by atoms with van der Waals surface area (Å²) in [6.07, 6.45) is 0. The van der Waals surface area contributed by atoms with E-state index in [1.807, 2.05) is 55.5 Å². The van der Waals surface area contributed by atoms with E-state index >= 15 is 0 Å². The van der Waals surface area contributed by atoms with E-state index in [-0.39, 0.29) is 6.03 Å². The summed E-state index contributed by atoms with van der Waals surface area (Å²) in [5.41, 5.74) is 0.636. The molecule has 0 aliphatic rings. The largest absolute Gasteiger partial charge is 0.455 e. The number of nitrogens with one attached hydrogen (secondary N) is 2. The highest BCUT2D eigenvalue weighted by molar-refractivity contribution is 5.90. The molecular formula is C15H16N2O2. The fourth-order valence-electron chi connectivity index (χ4n) is 1.60. The van der Waals surface area contributed by atoms with E-state index in [1.165, 1.54) is 0 Å². The molecule has 0 aliphatic carbocycles. The number of carbonyl (C=O) groups excluding carboxylic acids is 1. The van der Waals surface area contributed by atoms with Crippen LogP contribution in [-0.2, 0) is 0 Å². The molecule has 0 fully saturated rings. The van der Waals surface area contributed by atoms with E-state index in [1.54, 1.807) is 6.07 Å². The molecule has 0 bridgehead atoms. The molecule has 0 heterocycles. The molecule has 19 heavy (non-hydrogen) atoms. The van der Waals surface area contributed by atoms with Crippen LogP contribution in [0.5, 0.6) is 11.5 Å². The second kappa shape index (κ2) is 6.44. The summed E-state index contributed by atoms with van der Waals surface area (Å²) in [5, 5.41) is 5.44. The van der Waals surface area contributed by atoms with Crippen LogP contribution in [0.15, 0.2) is 54.6 Å². The van der Waals surface area contributed by atoms with Crippen molar-refractivity contribution >= 4 is 11.7 Å². The fourth-order valence-corrected chi connectivity index (χ4v) is 1.60. The summed E-state index contributed by atoms with van der Waals surface area (Å²) in [6, 6.07) is 16.5. The predicted molar refractivity (Wildman–Crippen MR) is 75.7 cm³/mol. The minimum absolute atomic E-state index is 0.244. The highest BCUT2D eigenvalue weighted by Crippen LogP contribution is 2.28. The van der Waals surface area contributed by atoms with Crippen LogP contribution >= 0.6 is 0 Å². The van der Waals surface area contributed by atoms with Crippen molar-refractivity contribution < 1.29 is 9.53 Å². The number of urea groups is 1. The second-order valence-corrected chi connectivity index (χ2v) is 3.90. The van der Waals surface area contributed by atoms with Crippen molar-refractivity contribution in [1.29, 1.82) is 0 Å². The van der Waals surface area contributed by atoms with Crippen molar-refractivity contribution in [2.24, 2.45) is 0 Å². The van der Waals surface area contributed by atoms with E-state index in [9.17, 15) is 4.79 Å². The summed E-state index contributed by atoms with van der Waals surface area (Å²) in [5.74, 6) is 1.34. The molecule has 0 atom stereocenters. The summed E-state index contributed by atoms with van der Waals surface area (Å²) in [4.78, 5) is 11.5. The van der Waals surface area contributed by atoms with Gasteiger partial charge in [0.25, 0.3) is 0 Å². The van der Waals surface area contributed by atoms with Gasteiger partial charge in [-0.25, -0.2) is 4.79 Å². The van der Waals surface area contributed by atoms with Crippen molar-refractivity contribution in [2.75, 3.05) is 11.9 Å². The minimum atomic E-state index is -0.244. The quantitative estimate of drug-likeness (QED) is 0.877. The number of anilines is 1. The van der Waals surface area contributed by atoms with E-state index in [0.29, 0.717) is 18.0 Å². The van der Waals surface area contributed by atoms with Gasteiger partial charge in [-0.15, -0.1) is 0 Å². The van der Waals surface area contributed by atoms with Crippen LogP contribution in [0.4, 0.5) is 10.5 Å². The lowest BCUT2D eigenvalue weighted by Gasteiger charge is -2.12. The average Bonchev–Trinajstić information content (AvgIpc) is 2.42. The van der Waals surface area contributed by atoms with Crippen molar-refractivity contribution in [3.05, 3.63) is 54.6 Å². The molecule has 0 radical (unpaired) electrons. The van der Waals surface area contributed by atoms with E-state index in [2.05, 4.69) is 10.6 Å². The first-order valence-corrected chi connectivity index (χ1v) is 6.16. The third kappa shape index (κ3) is 3.74. The van der Waals surface area contributed by atoms with Gasteiger partial charge < -0.3 is 15.4 Å². The summed E-state index contributed by atoms with van der Waals surface area (Å²) in [6.45, 7) is 2.44. The molecule has 0 unspecified atom stereocenters. The van der Waals surface area contributed by atoms with Crippen LogP contribution in [0.25, 0.3) is 0 Å². The Balaban J connectivity index is 2.14. The van der Waals surface area contributed by atoms with E-state index in [0.717, 1.165) is 5.75 Å². The molecule has 0 saturated heterocycles. The number of benzene rings is 2. The van der Waals surface area contributed by atoms with Crippen molar-refractivity contribution in [1.82, 2.24) is 5.32 Å². The van der Waals surface area contributed by atoms with Gasteiger partial charge in [0.15, 0.2) is 5.75 Å². The Bertz CT molecular complexity index is 541. The molecule has 0 spiro atoms. The summed E-state index contributed by atoms with van der Waals surface area (Å²) < 4.78 is 5.75. The van der Waals surface area contributed by atoms with Crippen LogP contribution in [0, 0.1) is 0 Å². The number of hydrogen-bond acceptors (Lipinski definition) is 2. The highest BCUT2D eigenvalue weighted by Gasteiger charge is 2.07. The molecule has 0 aromatic heterocycles. The number of para-hydroxylation sites is 3. The van der Waals surface area contributed by atoms with Crippen molar-refractivity contribution in [3.63, 3.8) is 0 Å². The molecule has 0 aliphatic heterocycles. The fraction of sp³-hybridized carbons (Fsp3) is 0.133. The first-order valence-electron chi connectivity index (χ1n) is 6.16. The standard InChI is InChI=1S/C15H16N2O2/c1-2-16-15(18)17-13-10-6-7-11-14(13)19-12-8-4-3-5-9-12/h3-11H,2H2,1H3,(H2,16,17,18). The van der Waals surface area contributed by atoms with Gasteiger partial charge in [0.05, 0.1) is 5.69 Å². The summed E-state index contributed by atoms with van der Waals surface area (Å²) >= 11 is 0. The van der Waals surface area contributed by atoms with E-state index < -0.39 is 0 Å². The molecule has 2 amide bonds. The van der Waals surface area contributed by atoms with Crippen LogP contribution in [0.3, 0.4) is 0 Å². The van der Waals surface area contributed by atoms with Gasteiger partial charge in [0.1, 0.15) is 5.75 Å². The zero-order valence-electron chi connectivity index (χ0n) is 10.7. The molecule has 2 aromatic carbocycles. The smallest absolute Gasteiger partial charge is 0.319 e. The number of ether oxygens (including phenoxy) is 1. The lowest BCUT2D eigenvalue weighted by molar-refractivity contribution is 0.252. The van der Waals surface area contributed by atoms with Crippen LogP contribution in [0.2, 0.25) is 0 Å². The molecule has 4 heteroatoms. The van der Waals surface area contributed by atoms with Gasteiger partial charge >= 0.3 is 6.03 Å². The minimum Gasteiger partial charge on any atom is -0.455 e. The van der Waals surface area contributed by atoms with Crippen molar-refractivity contribution in [3.8, 4) is 11.5 Å². The Labute approximate surface area is 112 Å². The molecule has 0 saturated carbocycles. The molecule has 4 nitrogen and oxygen atoms in total. The number of rotatable bonds is 4. The Morgan fingerprint density at radius 2 is 1.74 bits per heavy atom. The normalized spacial score (nSPS) is 9.74. The third-order valence-electron chi connectivity index (χ3n) is 2.44. The zero-order valence-corrected chi connectivity index (χ0v) is 10.7. The maximum Gasteiger partial charge on any atom is 0.319 e. The number of hydrogen-bond donors (Lipinski definition) is 2. The van der Waals surface area contributed by atoms with Gasteiger partial charge in [-0.2, -0.15) is 0 Å². The lowest BCUT2D eigenvalue weighted by atomic mass is 10.3. The Kier molecular flexibility index (Phi) is 4.39. The van der Waals surface area contributed by atoms with Gasteiger partial charge in [-0.3, -0.25) is 0 Å². The van der Waals surface area contributed by atoms with Gasteiger partial charge in [-0.05, 0) is 31.2 Å². The van der Waals surface area contributed by atoms with Crippen LogP contribution < -0.4 is 15.4 Å². The number of carbonyl (C=O) groups is 1. The maximum atomic E-state index is 11.5. The molecule has 98 valence electrons. The average molecular weight is 256 g/mol. The van der Waals surface area contributed by atoms with Gasteiger partial charge in [0.2, 0.25) is 0 Å². The Hall–Kier alpha value is -2.49. The molecule has 2 aromatic rings. The summed E-state index contributed by atoms with van der Waals surface area (Å²) in [7, 11) is 0. The van der Waals surface area contributed by atoms with Gasteiger partial charge in [-0.1, -0.05) is 30.3 Å². The molecule has 2 rings (SSSR count). The van der Waals surface area contributed by atoms with Gasteiger partial charge in [0, 0.05) is 6.54 Å². The lowest BCUT2D eigenvalue weighted by Crippen LogP contribution is -2.28. The first-order chi connectivity index (χ1) is 9.29.